The summed E-state index contributed by atoms with van der Waals surface area (Å²) in [6, 6.07) is 15.0. The lowest BCUT2D eigenvalue weighted by molar-refractivity contribution is -0.264. The Hall–Kier alpha value is -2.83. The highest BCUT2D eigenvalue weighted by Crippen LogP contribution is 2.62. The van der Waals surface area contributed by atoms with Crippen LogP contribution in [0, 0.1) is 34.6 Å². The summed E-state index contributed by atoms with van der Waals surface area (Å²) < 4.78 is 107. The first-order valence-electron chi connectivity index (χ1n) is 13.2. The summed E-state index contributed by atoms with van der Waals surface area (Å²) in [4.78, 5) is 0. The Morgan fingerprint density at radius 2 is 1.32 bits per heavy atom. The average Bonchev–Trinajstić information content (AvgIpc) is 2.91. The van der Waals surface area contributed by atoms with Crippen molar-refractivity contribution >= 4 is 0 Å². The molecule has 3 unspecified atom stereocenters. The monoisotopic (exact) mass is 536 g/mol. The van der Waals surface area contributed by atoms with E-state index in [1.165, 1.54) is 19.1 Å². The summed E-state index contributed by atoms with van der Waals surface area (Å²) in [7, 11) is 0. The minimum atomic E-state index is -4.80. The molecule has 0 bridgehead atoms. The van der Waals surface area contributed by atoms with Crippen LogP contribution >= 0.6 is 0 Å². The van der Waals surface area contributed by atoms with Crippen molar-refractivity contribution in [3.63, 3.8) is 0 Å². The van der Waals surface area contributed by atoms with Crippen LogP contribution in [0.15, 0.2) is 54.6 Å². The molecule has 4 rings (SSSR count). The molecule has 0 aromatic heterocycles. The fourth-order valence-electron chi connectivity index (χ4n) is 6.54. The second-order valence-corrected chi connectivity index (χ2v) is 10.2. The van der Waals surface area contributed by atoms with E-state index in [9.17, 15) is 13.2 Å². The van der Waals surface area contributed by atoms with Crippen molar-refractivity contribution in [2.75, 3.05) is 0 Å². The number of hydrogen-bond acceptors (Lipinski definition) is 0. The van der Waals surface area contributed by atoms with Crippen molar-refractivity contribution in [1.82, 2.24) is 0 Å². The molecule has 3 atom stereocenters. The van der Waals surface area contributed by atoms with Crippen LogP contribution < -0.4 is 0 Å². The van der Waals surface area contributed by atoms with Crippen molar-refractivity contribution in [1.29, 1.82) is 0 Å². The minimum Gasteiger partial charge on any atom is -0.203 e. The van der Waals surface area contributed by atoms with Crippen LogP contribution in [0.2, 0.25) is 0 Å². The third-order valence-corrected chi connectivity index (χ3v) is 8.24. The van der Waals surface area contributed by atoms with Crippen molar-refractivity contribution in [3.8, 4) is 22.3 Å². The fraction of sp³-hybridized carbons (Fsp3) is 0.419. The zero-order chi connectivity index (χ0) is 27.7. The molecular weight excluding hydrogens is 505 g/mol. The summed E-state index contributed by atoms with van der Waals surface area (Å²) in [5.74, 6) is -9.49. The van der Waals surface area contributed by atoms with E-state index in [4.69, 9.17) is 0 Å². The van der Waals surface area contributed by atoms with Gasteiger partial charge in [-0.1, -0.05) is 87.7 Å². The highest BCUT2D eigenvalue weighted by atomic mass is 19.4. The highest BCUT2D eigenvalue weighted by molar-refractivity contribution is 5.71. The number of rotatable bonds is 7. The number of benzene rings is 3. The molecule has 0 nitrogen and oxygen atoms in total. The van der Waals surface area contributed by atoms with Gasteiger partial charge in [-0.25, -0.2) is 17.6 Å². The quantitative estimate of drug-likeness (QED) is 0.208. The Bertz CT molecular complexity index is 1220. The van der Waals surface area contributed by atoms with Crippen LogP contribution in [0.4, 0.5) is 30.7 Å². The maximum absolute atomic E-state index is 15.6. The van der Waals surface area contributed by atoms with Gasteiger partial charge in [0, 0.05) is 11.5 Å². The van der Waals surface area contributed by atoms with Crippen LogP contribution in [0.3, 0.4) is 0 Å². The van der Waals surface area contributed by atoms with E-state index in [1.807, 2.05) is 30.3 Å². The van der Waals surface area contributed by atoms with E-state index in [1.54, 1.807) is 19.1 Å². The van der Waals surface area contributed by atoms with Gasteiger partial charge in [0.15, 0.2) is 23.3 Å². The molecule has 3 aromatic rings. The predicted octanol–water partition coefficient (Wildman–Crippen LogP) is 10.6. The van der Waals surface area contributed by atoms with Gasteiger partial charge in [-0.2, -0.15) is 13.2 Å². The van der Waals surface area contributed by atoms with E-state index in [2.05, 4.69) is 0 Å². The van der Waals surface area contributed by atoms with Gasteiger partial charge in [-0.3, -0.25) is 0 Å². The van der Waals surface area contributed by atoms with Gasteiger partial charge in [-0.05, 0) is 48.3 Å². The first-order chi connectivity index (χ1) is 18.1. The zero-order valence-electron chi connectivity index (χ0n) is 21.4. The van der Waals surface area contributed by atoms with E-state index in [0.717, 1.165) is 11.1 Å². The molecule has 1 aliphatic carbocycles. The molecule has 0 heterocycles. The molecule has 1 saturated carbocycles. The molecule has 0 amide bonds. The van der Waals surface area contributed by atoms with Crippen molar-refractivity contribution in [3.05, 3.63) is 83.4 Å². The third kappa shape index (κ3) is 4.73. The molecule has 3 aromatic carbocycles. The topological polar surface area (TPSA) is 0 Å². The summed E-state index contributed by atoms with van der Waals surface area (Å²) in [6.07, 6.45) is -3.70. The molecule has 204 valence electrons. The summed E-state index contributed by atoms with van der Waals surface area (Å²) in [6.45, 7) is 3.15. The molecule has 0 aliphatic heterocycles. The van der Waals surface area contributed by atoms with Gasteiger partial charge in [0.25, 0.3) is 0 Å². The average molecular weight is 537 g/mol. The molecule has 0 N–H and O–H groups in total. The van der Waals surface area contributed by atoms with Gasteiger partial charge in [0.05, 0.1) is 11.0 Å². The van der Waals surface area contributed by atoms with E-state index in [-0.39, 0.29) is 37.7 Å². The first-order valence-corrected chi connectivity index (χ1v) is 13.2. The standard InChI is InChI=1S/C31H31F7/c1-3-10-22-13-8-9-18-30(22,31(36,37)38)23(4-2)25-28(34)26(32)24(27(33)29(25)35)21-16-14-20(15-17-21)19-11-6-5-7-12-19/h5-7,11-12,14-17,22-23H,3-4,8-10,13,18H2,1-2H3. The lowest BCUT2D eigenvalue weighted by Gasteiger charge is -2.50. The molecule has 1 aliphatic rings. The molecule has 0 spiro atoms. The number of hydrogen-bond donors (Lipinski definition) is 0. The van der Waals surface area contributed by atoms with Crippen LogP contribution in [0.5, 0.6) is 0 Å². The Labute approximate surface area is 218 Å². The van der Waals surface area contributed by atoms with Crippen LogP contribution in [0.1, 0.15) is 70.3 Å². The van der Waals surface area contributed by atoms with Crippen molar-refractivity contribution < 1.29 is 30.7 Å². The molecule has 1 fully saturated rings. The Balaban J connectivity index is 1.85. The predicted molar refractivity (Wildman–Crippen MR) is 136 cm³/mol. The summed E-state index contributed by atoms with van der Waals surface area (Å²) >= 11 is 0. The zero-order valence-corrected chi connectivity index (χ0v) is 21.4. The number of halogens is 7. The highest BCUT2D eigenvalue weighted by Gasteiger charge is 2.63. The molecule has 7 heteroatoms. The lowest BCUT2D eigenvalue weighted by atomic mass is 9.55. The van der Waals surface area contributed by atoms with Crippen LogP contribution in [-0.2, 0) is 0 Å². The summed E-state index contributed by atoms with van der Waals surface area (Å²) in [5, 5.41) is 0. The van der Waals surface area contributed by atoms with Gasteiger partial charge in [0.2, 0.25) is 0 Å². The molecule has 0 radical (unpaired) electrons. The van der Waals surface area contributed by atoms with Gasteiger partial charge >= 0.3 is 6.18 Å². The Morgan fingerprint density at radius 3 is 1.84 bits per heavy atom. The maximum Gasteiger partial charge on any atom is 0.395 e. The minimum absolute atomic E-state index is 0.107. The first kappa shape index (κ1) is 28.2. The lowest BCUT2D eigenvalue weighted by Crippen LogP contribution is -2.51. The molecular formula is C31H31F7. The second kappa shape index (κ2) is 11.1. The fourth-order valence-corrected chi connectivity index (χ4v) is 6.54. The number of alkyl halides is 3. The van der Waals surface area contributed by atoms with E-state index >= 15 is 17.6 Å². The van der Waals surface area contributed by atoms with Gasteiger partial charge in [0.1, 0.15) is 0 Å². The molecule has 0 saturated heterocycles. The smallest absolute Gasteiger partial charge is 0.203 e. The Morgan fingerprint density at radius 1 is 0.763 bits per heavy atom. The van der Waals surface area contributed by atoms with Crippen molar-refractivity contribution in [2.24, 2.45) is 11.3 Å². The summed E-state index contributed by atoms with van der Waals surface area (Å²) in [5.41, 5.74) is -3.06. The SMILES string of the molecule is CCCC1CCCCC1(C(CC)c1c(F)c(F)c(-c2ccc(-c3ccccc3)cc2)c(F)c1F)C(F)(F)F. The van der Waals surface area contributed by atoms with Crippen LogP contribution in [0.25, 0.3) is 22.3 Å². The van der Waals surface area contributed by atoms with Crippen molar-refractivity contribution in [2.45, 2.75) is 70.9 Å². The van der Waals surface area contributed by atoms with Crippen LogP contribution in [-0.4, -0.2) is 6.18 Å². The normalized spacial score (nSPS) is 20.9. The maximum atomic E-state index is 15.6. The molecule has 38 heavy (non-hydrogen) atoms. The Kier molecular flexibility index (Phi) is 8.24. The van der Waals surface area contributed by atoms with Gasteiger partial charge in [-0.15, -0.1) is 0 Å². The second-order valence-electron chi connectivity index (χ2n) is 10.2. The third-order valence-electron chi connectivity index (χ3n) is 8.24. The van der Waals surface area contributed by atoms with E-state index in [0.29, 0.717) is 12.8 Å². The van der Waals surface area contributed by atoms with E-state index < -0.39 is 57.8 Å². The van der Waals surface area contributed by atoms with Gasteiger partial charge < -0.3 is 0 Å². The largest absolute Gasteiger partial charge is 0.395 e.